The van der Waals surface area contributed by atoms with Crippen molar-refractivity contribution in [2.45, 2.75) is 26.2 Å². The van der Waals surface area contributed by atoms with Crippen LogP contribution in [0.1, 0.15) is 34.6 Å². The van der Waals surface area contributed by atoms with E-state index in [0.717, 1.165) is 13.0 Å². The van der Waals surface area contributed by atoms with Gasteiger partial charge in [-0.25, -0.2) is 4.52 Å². The van der Waals surface area contributed by atoms with Gasteiger partial charge in [0.2, 0.25) is 0 Å². The second-order valence-electron chi connectivity index (χ2n) is 6.95. The zero-order valence-electron chi connectivity index (χ0n) is 15.2. The number of carbonyl (C=O) groups is 1. The molecule has 1 aliphatic rings. The minimum Gasteiger partial charge on any atom is -0.323 e. The molecular weight excluding hydrogens is 344 g/mol. The summed E-state index contributed by atoms with van der Waals surface area (Å²) in [5.74, 6) is -0.448. The van der Waals surface area contributed by atoms with Gasteiger partial charge in [-0.1, -0.05) is 17.3 Å². The van der Waals surface area contributed by atoms with E-state index in [1.807, 2.05) is 18.2 Å². The van der Waals surface area contributed by atoms with Crippen molar-refractivity contribution >= 4 is 17.1 Å². The summed E-state index contributed by atoms with van der Waals surface area (Å²) in [7, 11) is 0. The van der Waals surface area contributed by atoms with Gasteiger partial charge in [0.1, 0.15) is 0 Å². The van der Waals surface area contributed by atoms with Crippen LogP contribution in [0.25, 0.3) is 5.52 Å². The first-order valence-electron chi connectivity index (χ1n) is 9.18. The number of likely N-dealkylation sites (tertiary alicyclic amines) is 1. The molecule has 4 rings (SSSR count). The van der Waals surface area contributed by atoms with E-state index in [9.17, 15) is 9.59 Å². The Kier molecular flexibility index (Phi) is 4.72. The van der Waals surface area contributed by atoms with Crippen LogP contribution >= 0.6 is 0 Å². The summed E-state index contributed by atoms with van der Waals surface area (Å²) >= 11 is 0. The molecule has 0 atom stereocenters. The molecule has 2 N–H and O–H groups in total. The quantitative estimate of drug-likeness (QED) is 0.715. The van der Waals surface area contributed by atoms with E-state index in [1.54, 1.807) is 13.1 Å². The smallest absolute Gasteiger partial charge is 0.278 e. The summed E-state index contributed by atoms with van der Waals surface area (Å²) in [5, 5.41) is 10.6. The Morgan fingerprint density at radius 2 is 2.11 bits per heavy atom. The van der Waals surface area contributed by atoms with E-state index in [-0.39, 0.29) is 16.8 Å². The third-order valence-corrected chi connectivity index (χ3v) is 4.85. The zero-order chi connectivity index (χ0) is 18.8. The van der Waals surface area contributed by atoms with Crippen molar-refractivity contribution in [3.8, 4) is 0 Å². The maximum Gasteiger partial charge on any atom is 0.278 e. The summed E-state index contributed by atoms with van der Waals surface area (Å²) in [5.41, 5.74) is 2.27. The van der Waals surface area contributed by atoms with E-state index < -0.39 is 5.91 Å². The lowest BCUT2D eigenvalue weighted by atomic mass is 10.1. The molecule has 1 aromatic carbocycles. The molecule has 8 nitrogen and oxygen atoms in total. The van der Waals surface area contributed by atoms with Crippen LogP contribution in [0.15, 0.2) is 35.3 Å². The van der Waals surface area contributed by atoms with Crippen molar-refractivity contribution in [3.63, 3.8) is 0 Å². The second-order valence-corrected chi connectivity index (χ2v) is 6.95. The summed E-state index contributed by atoms with van der Waals surface area (Å²) < 4.78 is 1.33. The number of nitrogens with zero attached hydrogens (tertiary/aromatic N) is 4. The number of nitrogens with one attached hydrogen (secondary N) is 2. The average Bonchev–Trinajstić information content (AvgIpc) is 3.30. The summed E-state index contributed by atoms with van der Waals surface area (Å²) in [6, 6.07) is 7.78. The number of H-pyrrole nitrogens is 1. The number of amides is 1. The number of fused-ring (bicyclic) bond motifs is 1. The molecular formula is C19H22N6O2. The minimum absolute atomic E-state index is 0.0127. The van der Waals surface area contributed by atoms with Gasteiger partial charge < -0.3 is 15.2 Å². The fraction of sp³-hybridized carbons (Fsp3) is 0.368. The third-order valence-electron chi connectivity index (χ3n) is 4.85. The predicted molar refractivity (Wildman–Crippen MR) is 102 cm³/mol. The fourth-order valence-corrected chi connectivity index (χ4v) is 3.49. The van der Waals surface area contributed by atoms with E-state index in [1.165, 1.54) is 36.0 Å². The largest absolute Gasteiger partial charge is 0.323 e. The van der Waals surface area contributed by atoms with Gasteiger partial charge in [-0.2, -0.15) is 0 Å². The van der Waals surface area contributed by atoms with E-state index in [2.05, 4.69) is 31.6 Å². The standard InChI is InChI=1S/C19H22N6O2/c1-13-12-25-17(19(27)20-13)16(22-23-25)18(26)21-15-6-4-5-14(11-15)7-10-24-8-2-3-9-24/h4-6,11-12H,2-3,7-10H2,1H3,(H,20,27)(H,21,26). The highest BCUT2D eigenvalue weighted by Gasteiger charge is 2.18. The maximum absolute atomic E-state index is 12.6. The van der Waals surface area contributed by atoms with Crippen molar-refractivity contribution in [1.82, 2.24) is 24.7 Å². The highest BCUT2D eigenvalue weighted by Crippen LogP contribution is 2.15. The Morgan fingerprint density at radius 1 is 1.30 bits per heavy atom. The second kappa shape index (κ2) is 7.32. The normalized spacial score (nSPS) is 14.7. The number of anilines is 1. The number of hydrogen-bond acceptors (Lipinski definition) is 5. The van der Waals surface area contributed by atoms with Gasteiger partial charge in [0.15, 0.2) is 11.2 Å². The number of aromatic amines is 1. The molecule has 3 aromatic rings. The Bertz CT molecular complexity index is 1030. The zero-order valence-corrected chi connectivity index (χ0v) is 15.2. The summed E-state index contributed by atoms with van der Waals surface area (Å²) in [6.07, 6.45) is 5.12. The number of rotatable bonds is 5. The Labute approximate surface area is 156 Å². The Hall–Kier alpha value is -3.00. The monoisotopic (exact) mass is 366 g/mol. The topological polar surface area (TPSA) is 95.4 Å². The van der Waals surface area contributed by atoms with Gasteiger partial charge in [-0.3, -0.25) is 9.59 Å². The molecule has 27 heavy (non-hydrogen) atoms. The van der Waals surface area contributed by atoms with Crippen LogP contribution < -0.4 is 10.9 Å². The van der Waals surface area contributed by atoms with Gasteiger partial charge in [0.25, 0.3) is 11.5 Å². The van der Waals surface area contributed by atoms with Crippen LogP contribution in [-0.2, 0) is 6.42 Å². The van der Waals surface area contributed by atoms with Crippen LogP contribution in [0.4, 0.5) is 5.69 Å². The van der Waals surface area contributed by atoms with Crippen LogP contribution in [0, 0.1) is 6.92 Å². The molecule has 0 aliphatic carbocycles. The molecule has 1 aliphatic heterocycles. The minimum atomic E-state index is -0.448. The maximum atomic E-state index is 12.6. The van der Waals surface area contributed by atoms with Gasteiger partial charge >= 0.3 is 0 Å². The molecule has 1 fully saturated rings. The lowest BCUT2D eigenvalue weighted by Crippen LogP contribution is -2.22. The SMILES string of the molecule is Cc1cn2nnc(C(=O)Nc3cccc(CCN4CCCC4)c3)c2c(=O)[nH]1. The first-order chi connectivity index (χ1) is 13.1. The van der Waals surface area contributed by atoms with E-state index in [4.69, 9.17) is 0 Å². The van der Waals surface area contributed by atoms with E-state index >= 15 is 0 Å². The first-order valence-corrected chi connectivity index (χ1v) is 9.18. The molecule has 1 saturated heterocycles. The molecule has 8 heteroatoms. The number of hydrogen-bond donors (Lipinski definition) is 2. The Balaban J connectivity index is 1.50. The van der Waals surface area contributed by atoms with Gasteiger partial charge in [0, 0.05) is 17.9 Å². The molecule has 0 spiro atoms. The van der Waals surface area contributed by atoms with Crippen LogP contribution in [0.2, 0.25) is 0 Å². The highest BCUT2D eigenvalue weighted by atomic mass is 16.2. The van der Waals surface area contributed by atoms with Crippen LogP contribution in [-0.4, -0.2) is 50.3 Å². The lowest BCUT2D eigenvalue weighted by molar-refractivity contribution is 0.102. The van der Waals surface area contributed by atoms with Crippen molar-refractivity contribution in [2.24, 2.45) is 0 Å². The third kappa shape index (κ3) is 3.75. The molecule has 2 aromatic heterocycles. The number of aromatic nitrogens is 4. The molecule has 140 valence electrons. The molecule has 0 unspecified atom stereocenters. The van der Waals surface area contributed by atoms with Crippen molar-refractivity contribution in [3.05, 3.63) is 57.8 Å². The number of aryl methyl sites for hydroxylation is 1. The summed E-state index contributed by atoms with van der Waals surface area (Å²) in [6.45, 7) is 5.12. The first kappa shape index (κ1) is 17.4. The fourth-order valence-electron chi connectivity index (χ4n) is 3.49. The van der Waals surface area contributed by atoms with Crippen molar-refractivity contribution < 1.29 is 4.79 Å². The van der Waals surface area contributed by atoms with E-state index in [0.29, 0.717) is 11.4 Å². The molecule has 0 saturated carbocycles. The van der Waals surface area contributed by atoms with Gasteiger partial charge in [-0.15, -0.1) is 5.10 Å². The molecule has 1 amide bonds. The van der Waals surface area contributed by atoms with Gasteiger partial charge in [0.05, 0.1) is 6.20 Å². The molecule has 0 bridgehead atoms. The lowest BCUT2D eigenvalue weighted by Gasteiger charge is -2.14. The van der Waals surface area contributed by atoms with Crippen LogP contribution in [0.5, 0.6) is 0 Å². The van der Waals surface area contributed by atoms with Crippen LogP contribution in [0.3, 0.4) is 0 Å². The number of carbonyl (C=O) groups excluding carboxylic acids is 1. The predicted octanol–water partition coefficient (Wildman–Crippen LogP) is 1.62. The average molecular weight is 366 g/mol. The molecule has 3 heterocycles. The van der Waals surface area contributed by atoms with Crippen molar-refractivity contribution in [1.29, 1.82) is 0 Å². The summed E-state index contributed by atoms with van der Waals surface area (Å²) in [4.78, 5) is 29.9. The van der Waals surface area contributed by atoms with Gasteiger partial charge in [-0.05, 0) is 57.0 Å². The van der Waals surface area contributed by atoms with Crippen molar-refractivity contribution in [2.75, 3.05) is 25.0 Å². The number of benzene rings is 1. The Morgan fingerprint density at radius 3 is 2.93 bits per heavy atom. The molecule has 0 radical (unpaired) electrons. The highest BCUT2D eigenvalue weighted by molar-refractivity contribution is 6.07.